The van der Waals surface area contributed by atoms with E-state index in [1.165, 1.54) is 12.2 Å². The Balaban J connectivity index is 4.80. The molecule has 0 heterocycles. The maximum absolute atomic E-state index is 12.2. The molecule has 0 aromatic heterocycles. The van der Waals surface area contributed by atoms with E-state index >= 15 is 0 Å². The average molecular weight is 190 g/mol. The van der Waals surface area contributed by atoms with E-state index in [1.54, 1.807) is 13.8 Å². The zero-order valence-electron chi connectivity index (χ0n) is 7.73. The second kappa shape index (κ2) is 4.90. The molecule has 1 unspecified atom stereocenters. The van der Waals surface area contributed by atoms with Gasteiger partial charge in [-0.15, -0.1) is 6.58 Å². The van der Waals surface area contributed by atoms with Crippen LogP contribution in [0.1, 0.15) is 13.8 Å². The molecule has 3 heteroatoms. The lowest BCUT2D eigenvalue weighted by Gasteiger charge is -2.08. The molecule has 74 valence electrons. The number of hydrogen-bond acceptors (Lipinski definition) is 0. The zero-order chi connectivity index (χ0) is 10.5. The molecule has 0 spiro atoms. The van der Waals surface area contributed by atoms with Crippen molar-refractivity contribution in [3.05, 3.63) is 36.5 Å². The van der Waals surface area contributed by atoms with Crippen molar-refractivity contribution < 1.29 is 13.2 Å². The Bertz CT molecular complexity index is 221. The van der Waals surface area contributed by atoms with Crippen LogP contribution in [0, 0.1) is 5.92 Å². The lowest BCUT2D eigenvalue weighted by atomic mass is 10.1. The van der Waals surface area contributed by atoms with E-state index in [0.29, 0.717) is 0 Å². The first-order chi connectivity index (χ1) is 5.91. The van der Waals surface area contributed by atoms with Gasteiger partial charge in [0.25, 0.3) is 0 Å². The van der Waals surface area contributed by atoms with Crippen molar-refractivity contribution in [2.24, 2.45) is 5.92 Å². The second-order valence-corrected chi connectivity index (χ2v) is 2.71. The number of rotatable bonds is 3. The monoisotopic (exact) mass is 190 g/mol. The Morgan fingerprint density at radius 2 is 1.92 bits per heavy atom. The third-order valence-electron chi connectivity index (χ3n) is 1.49. The number of hydrogen-bond donors (Lipinski definition) is 0. The number of allylic oxidation sites excluding steroid dienone is 5. The summed E-state index contributed by atoms with van der Waals surface area (Å²) in [7, 11) is 0. The van der Waals surface area contributed by atoms with E-state index in [9.17, 15) is 13.2 Å². The molecule has 0 amide bonds. The van der Waals surface area contributed by atoms with Crippen LogP contribution in [0.5, 0.6) is 0 Å². The predicted octanol–water partition coefficient (Wildman–Crippen LogP) is 3.87. The summed E-state index contributed by atoms with van der Waals surface area (Å²) < 4.78 is 36.7. The highest BCUT2D eigenvalue weighted by Gasteiger charge is 2.31. The molecule has 0 aliphatic rings. The van der Waals surface area contributed by atoms with Gasteiger partial charge in [0, 0.05) is 0 Å². The molecule has 1 atom stereocenters. The summed E-state index contributed by atoms with van der Waals surface area (Å²) in [5.74, 6) is -0.271. The minimum Gasteiger partial charge on any atom is -0.166 e. The van der Waals surface area contributed by atoms with Gasteiger partial charge in [0.05, 0.1) is 5.57 Å². The topological polar surface area (TPSA) is 0 Å². The van der Waals surface area contributed by atoms with Crippen LogP contribution < -0.4 is 0 Å². The Labute approximate surface area is 76.5 Å². The Morgan fingerprint density at radius 1 is 1.38 bits per heavy atom. The van der Waals surface area contributed by atoms with Crippen molar-refractivity contribution in [3.8, 4) is 0 Å². The minimum absolute atomic E-state index is 0.271. The van der Waals surface area contributed by atoms with Gasteiger partial charge in [-0.25, -0.2) is 0 Å². The van der Waals surface area contributed by atoms with Crippen LogP contribution >= 0.6 is 0 Å². The van der Waals surface area contributed by atoms with Gasteiger partial charge in [-0.1, -0.05) is 31.2 Å². The van der Waals surface area contributed by atoms with E-state index < -0.39 is 11.7 Å². The third-order valence-corrected chi connectivity index (χ3v) is 1.49. The lowest BCUT2D eigenvalue weighted by Crippen LogP contribution is -2.10. The molecule has 0 N–H and O–H groups in total. The summed E-state index contributed by atoms with van der Waals surface area (Å²) in [4.78, 5) is 0. The normalized spacial score (nSPS) is 16.2. The quantitative estimate of drug-likeness (QED) is 0.468. The Morgan fingerprint density at radius 3 is 2.23 bits per heavy atom. The van der Waals surface area contributed by atoms with E-state index in [-0.39, 0.29) is 5.92 Å². The fourth-order valence-corrected chi connectivity index (χ4v) is 0.775. The Hall–Kier alpha value is -0.990. The van der Waals surface area contributed by atoms with Crippen LogP contribution in [-0.4, -0.2) is 6.18 Å². The minimum atomic E-state index is -4.27. The van der Waals surface area contributed by atoms with Gasteiger partial charge in [0.2, 0.25) is 0 Å². The molecule has 0 fully saturated rings. The van der Waals surface area contributed by atoms with Gasteiger partial charge in [-0.05, 0) is 12.8 Å². The van der Waals surface area contributed by atoms with Gasteiger partial charge in [-0.2, -0.15) is 13.2 Å². The van der Waals surface area contributed by atoms with Crippen molar-refractivity contribution in [2.45, 2.75) is 20.0 Å². The van der Waals surface area contributed by atoms with Crippen LogP contribution in [0.25, 0.3) is 0 Å². The van der Waals surface area contributed by atoms with Crippen LogP contribution in [0.3, 0.4) is 0 Å². The first-order valence-electron chi connectivity index (χ1n) is 3.96. The molecule has 0 nitrogen and oxygen atoms in total. The number of alkyl halides is 3. The first-order valence-corrected chi connectivity index (χ1v) is 3.96. The molecule has 0 radical (unpaired) electrons. The van der Waals surface area contributed by atoms with Gasteiger partial charge >= 0.3 is 6.18 Å². The van der Waals surface area contributed by atoms with E-state index in [2.05, 4.69) is 6.58 Å². The standard InChI is InChI=1S/C10H13F3/c1-4-6-9(10(11,12)13)7-8(3)5-2/h4-8H,2H2,1,3H3/b6-4-,9-7?. The molecule has 13 heavy (non-hydrogen) atoms. The molecule has 0 aromatic carbocycles. The number of halogens is 3. The van der Waals surface area contributed by atoms with Crippen molar-refractivity contribution in [3.63, 3.8) is 0 Å². The molecular weight excluding hydrogens is 177 g/mol. The summed E-state index contributed by atoms with van der Waals surface area (Å²) in [5.41, 5.74) is -0.623. The van der Waals surface area contributed by atoms with Crippen molar-refractivity contribution in [1.29, 1.82) is 0 Å². The van der Waals surface area contributed by atoms with Crippen molar-refractivity contribution >= 4 is 0 Å². The molecule has 0 aliphatic heterocycles. The third kappa shape index (κ3) is 4.55. The smallest absolute Gasteiger partial charge is 0.166 e. The average Bonchev–Trinajstić information content (AvgIpc) is 2.01. The molecular formula is C10H13F3. The SMILES string of the molecule is C=CC(C)C=C(/C=C\C)C(F)(F)F. The van der Waals surface area contributed by atoms with E-state index in [0.717, 1.165) is 12.2 Å². The van der Waals surface area contributed by atoms with E-state index in [1.807, 2.05) is 0 Å². The fraction of sp³-hybridized carbons (Fsp3) is 0.400. The highest BCUT2D eigenvalue weighted by atomic mass is 19.4. The maximum atomic E-state index is 12.2. The summed E-state index contributed by atoms with van der Waals surface area (Å²) >= 11 is 0. The van der Waals surface area contributed by atoms with Crippen LogP contribution in [0.4, 0.5) is 13.2 Å². The largest absolute Gasteiger partial charge is 0.416 e. The van der Waals surface area contributed by atoms with Crippen LogP contribution in [0.15, 0.2) is 36.5 Å². The summed E-state index contributed by atoms with van der Waals surface area (Å²) in [6.07, 6.45) is 0.765. The van der Waals surface area contributed by atoms with Crippen LogP contribution in [0.2, 0.25) is 0 Å². The first kappa shape index (κ1) is 12.0. The van der Waals surface area contributed by atoms with Crippen molar-refractivity contribution in [2.75, 3.05) is 0 Å². The summed E-state index contributed by atoms with van der Waals surface area (Å²) in [5, 5.41) is 0. The van der Waals surface area contributed by atoms with Crippen LogP contribution in [-0.2, 0) is 0 Å². The Kier molecular flexibility index (Phi) is 4.52. The molecule has 0 aliphatic carbocycles. The van der Waals surface area contributed by atoms with Crippen molar-refractivity contribution in [1.82, 2.24) is 0 Å². The fourth-order valence-electron chi connectivity index (χ4n) is 0.775. The van der Waals surface area contributed by atoms with E-state index in [4.69, 9.17) is 0 Å². The predicted molar refractivity (Wildman–Crippen MR) is 48.3 cm³/mol. The molecule has 0 bridgehead atoms. The second-order valence-electron chi connectivity index (χ2n) is 2.71. The molecule has 0 saturated heterocycles. The van der Waals surface area contributed by atoms with Gasteiger partial charge < -0.3 is 0 Å². The van der Waals surface area contributed by atoms with Gasteiger partial charge in [0.15, 0.2) is 0 Å². The molecule has 0 rings (SSSR count). The molecule has 0 saturated carbocycles. The van der Waals surface area contributed by atoms with Gasteiger partial charge in [0.1, 0.15) is 0 Å². The zero-order valence-corrected chi connectivity index (χ0v) is 7.73. The molecule has 0 aromatic rings. The summed E-state index contributed by atoms with van der Waals surface area (Å²) in [6.45, 7) is 6.63. The maximum Gasteiger partial charge on any atom is 0.416 e. The summed E-state index contributed by atoms with van der Waals surface area (Å²) in [6, 6.07) is 0. The van der Waals surface area contributed by atoms with Gasteiger partial charge in [-0.3, -0.25) is 0 Å². The lowest BCUT2D eigenvalue weighted by molar-refractivity contribution is -0.0885. The highest BCUT2D eigenvalue weighted by molar-refractivity contribution is 5.25. The highest BCUT2D eigenvalue weighted by Crippen LogP contribution is 2.27.